The van der Waals surface area contributed by atoms with Gasteiger partial charge >= 0.3 is 24.3 Å². The quantitative estimate of drug-likeness (QED) is 0.359. The van der Waals surface area contributed by atoms with Crippen LogP contribution >= 0.6 is 0 Å². The van der Waals surface area contributed by atoms with Gasteiger partial charge in [0.1, 0.15) is 23.1 Å². The van der Waals surface area contributed by atoms with Crippen molar-refractivity contribution in [1.82, 2.24) is 0 Å². The van der Waals surface area contributed by atoms with Gasteiger partial charge in [0.05, 0.1) is 24.0 Å². The SMILES string of the molecule is O=C(CCC(=O)Oc1cc(F)ccc1C(F)(F)F)Oc1cc(F)ccc1C(F)(F)F. The molecule has 0 aliphatic carbocycles. The van der Waals surface area contributed by atoms with Crippen molar-refractivity contribution in [2.24, 2.45) is 0 Å². The molecule has 2 aromatic carbocycles. The van der Waals surface area contributed by atoms with E-state index in [9.17, 15) is 44.7 Å². The van der Waals surface area contributed by atoms with Gasteiger partial charge in [0.25, 0.3) is 0 Å². The van der Waals surface area contributed by atoms with E-state index in [0.29, 0.717) is 36.4 Å². The van der Waals surface area contributed by atoms with Crippen LogP contribution in [-0.4, -0.2) is 11.9 Å². The fourth-order valence-corrected chi connectivity index (χ4v) is 2.18. The van der Waals surface area contributed by atoms with Crippen LogP contribution in [-0.2, 0) is 21.9 Å². The van der Waals surface area contributed by atoms with E-state index < -0.39 is 71.4 Å². The number of benzene rings is 2. The summed E-state index contributed by atoms with van der Waals surface area (Å²) in [5.41, 5.74) is -2.90. The molecule has 0 saturated heterocycles. The first-order valence-corrected chi connectivity index (χ1v) is 7.92. The first-order valence-electron chi connectivity index (χ1n) is 7.92. The van der Waals surface area contributed by atoms with E-state index in [1.54, 1.807) is 0 Å². The van der Waals surface area contributed by atoms with Gasteiger partial charge in [-0.25, -0.2) is 8.78 Å². The minimum Gasteiger partial charge on any atom is -0.426 e. The zero-order valence-electron chi connectivity index (χ0n) is 14.5. The molecule has 0 spiro atoms. The Kier molecular flexibility index (Phi) is 6.68. The van der Waals surface area contributed by atoms with E-state index in [4.69, 9.17) is 0 Å². The molecule has 0 heterocycles. The van der Waals surface area contributed by atoms with Crippen LogP contribution < -0.4 is 9.47 Å². The summed E-state index contributed by atoms with van der Waals surface area (Å²) in [6, 6.07) is 2.29. The summed E-state index contributed by atoms with van der Waals surface area (Å²) in [5, 5.41) is 0. The highest BCUT2D eigenvalue weighted by molar-refractivity contribution is 5.80. The van der Waals surface area contributed by atoms with Gasteiger partial charge in [-0.15, -0.1) is 0 Å². The molecule has 0 radical (unpaired) electrons. The molecule has 0 aromatic heterocycles. The maximum absolute atomic E-state index is 13.2. The Balaban J connectivity index is 2.04. The molecule has 162 valence electrons. The van der Waals surface area contributed by atoms with E-state index in [0.717, 1.165) is 0 Å². The Bertz CT molecular complexity index is 873. The topological polar surface area (TPSA) is 52.6 Å². The molecular weight excluding hydrogens is 432 g/mol. The van der Waals surface area contributed by atoms with Crippen LogP contribution in [0.15, 0.2) is 36.4 Å². The highest BCUT2D eigenvalue weighted by Crippen LogP contribution is 2.38. The van der Waals surface area contributed by atoms with Crippen molar-refractivity contribution in [2.75, 3.05) is 0 Å². The fourth-order valence-electron chi connectivity index (χ4n) is 2.18. The van der Waals surface area contributed by atoms with Gasteiger partial charge in [-0.1, -0.05) is 0 Å². The molecule has 0 fully saturated rings. The summed E-state index contributed by atoms with van der Waals surface area (Å²) in [5.74, 6) is -7.36. The Hall–Kier alpha value is -3.18. The molecule has 0 unspecified atom stereocenters. The number of alkyl halides is 6. The lowest BCUT2D eigenvalue weighted by atomic mass is 10.2. The zero-order valence-corrected chi connectivity index (χ0v) is 14.5. The van der Waals surface area contributed by atoms with Crippen LogP contribution in [0.3, 0.4) is 0 Å². The van der Waals surface area contributed by atoms with Crippen molar-refractivity contribution >= 4 is 11.9 Å². The van der Waals surface area contributed by atoms with Gasteiger partial charge in [0.15, 0.2) is 0 Å². The number of ether oxygens (including phenoxy) is 2. The predicted molar refractivity (Wildman–Crippen MR) is 83.3 cm³/mol. The second-order valence-electron chi connectivity index (χ2n) is 5.72. The average molecular weight is 442 g/mol. The summed E-state index contributed by atoms with van der Waals surface area (Å²) in [6.07, 6.45) is -11.7. The maximum atomic E-state index is 13.2. The van der Waals surface area contributed by atoms with Gasteiger partial charge < -0.3 is 9.47 Å². The third-order valence-electron chi connectivity index (χ3n) is 3.48. The standard InChI is InChI=1S/C18H10F8O4/c19-9-1-3-11(17(21,22)23)13(7-9)29-15(27)5-6-16(28)30-14-8-10(20)2-4-12(14)18(24,25)26/h1-4,7-8H,5-6H2. The lowest BCUT2D eigenvalue weighted by molar-refractivity contribution is -0.146. The summed E-state index contributed by atoms with van der Waals surface area (Å²) < 4.78 is 112. The monoisotopic (exact) mass is 442 g/mol. The minimum absolute atomic E-state index is 0.307. The minimum atomic E-state index is -4.96. The molecule has 12 heteroatoms. The van der Waals surface area contributed by atoms with Crippen LogP contribution in [0.25, 0.3) is 0 Å². The second kappa shape index (κ2) is 8.67. The summed E-state index contributed by atoms with van der Waals surface area (Å²) in [6.45, 7) is 0. The lowest BCUT2D eigenvalue weighted by Crippen LogP contribution is -2.18. The summed E-state index contributed by atoms with van der Waals surface area (Å²) in [4.78, 5) is 23.4. The van der Waals surface area contributed by atoms with Crippen molar-refractivity contribution in [3.05, 3.63) is 59.2 Å². The number of carbonyl (C=O) groups is 2. The smallest absolute Gasteiger partial charge is 0.419 e. The Morgan fingerprint density at radius 1 is 0.667 bits per heavy atom. The molecule has 0 bridgehead atoms. The molecular formula is C18H10F8O4. The van der Waals surface area contributed by atoms with E-state index >= 15 is 0 Å². The molecule has 4 nitrogen and oxygen atoms in total. The van der Waals surface area contributed by atoms with E-state index in [-0.39, 0.29) is 0 Å². The molecule has 0 amide bonds. The lowest BCUT2D eigenvalue weighted by Gasteiger charge is -2.13. The van der Waals surface area contributed by atoms with Crippen LogP contribution in [0.1, 0.15) is 24.0 Å². The largest absolute Gasteiger partial charge is 0.426 e. The van der Waals surface area contributed by atoms with Crippen LogP contribution in [0.5, 0.6) is 11.5 Å². The first-order chi connectivity index (χ1) is 13.8. The molecule has 0 N–H and O–H groups in total. The second-order valence-corrected chi connectivity index (χ2v) is 5.72. The normalized spacial score (nSPS) is 11.9. The molecule has 2 aromatic rings. The molecule has 0 saturated carbocycles. The molecule has 0 atom stereocenters. The summed E-state index contributed by atoms with van der Waals surface area (Å²) in [7, 11) is 0. The van der Waals surface area contributed by atoms with Crippen LogP contribution in [0.2, 0.25) is 0 Å². The van der Waals surface area contributed by atoms with Gasteiger partial charge in [-0.3, -0.25) is 9.59 Å². The Morgan fingerprint density at radius 3 is 1.30 bits per heavy atom. The van der Waals surface area contributed by atoms with Crippen molar-refractivity contribution < 1.29 is 54.2 Å². The zero-order chi connectivity index (χ0) is 22.7. The van der Waals surface area contributed by atoms with E-state index in [2.05, 4.69) is 9.47 Å². The number of esters is 2. The number of carbonyl (C=O) groups excluding carboxylic acids is 2. The molecule has 2 rings (SSSR count). The van der Waals surface area contributed by atoms with E-state index in [1.807, 2.05) is 0 Å². The van der Waals surface area contributed by atoms with Crippen LogP contribution in [0, 0.1) is 11.6 Å². The summed E-state index contributed by atoms with van der Waals surface area (Å²) >= 11 is 0. The molecule has 0 aliphatic heterocycles. The average Bonchev–Trinajstić information content (AvgIpc) is 2.58. The van der Waals surface area contributed by atoms with Crippen molar-refractivity contribution in [3.63, 3.8) is 0 Å². The fraction of sp³-hybridized carbons (Fsp3) is 0.222. The Labute approximate surface area is 163 Å². The first kappa shape index (κ1) is 23.1. The van der Waals surface area contributed by atoms with Gasteiger partial charge in [0, 0.05) is 12.1 Å². The molecule has 30 heavy (non-hydrogen) atoms. The highest BCUT2D eigenvalue weighted by atomic mass is 19.4. The van der Waals surface area contributed by atoms with Crippen molar-refractivity contribution in [1.29, 1.82) is 0 Å². The third-order valence-corrected chi connectivity index (χ3v) is 3.48. The third kappa shape index (κ3) is 6.16. The van der Waals surface area contributed by atoms with E-state index in [1.165, 1.54) is 0 Å². The van der Waals surface area contributed by atoms with Crippen LogP contribution in [0.4, 0.5) is 35.1 Å². The van der Waals surface area contributed by atoms with Crippen molar-refractivity contribution in [2.45, 2.75) is 25.2 Å². The number of hydrogen-bond donors (Lipinski definition) is 0. The highest BCUT2D eigenvalue weighted by Gasteiger charge is 2.36. The maximum Gasteiger partial charge on any atom is 0.419 e. The number of rotatable bonds is 5. The number of hydrogen-bond acceptors (Lipinski definition) is 4. The van der Waals surface area contributed by atoms with Gasteiger partial charge in [-0.05, 0) is 24.3 Å². The molecule has 0 aliphatic rings. The van der Waals surface area contributed by atoms with Crippen molar-refractivity contribution in [3.8, 4) is 11.5 Å². The van der Waals surface area contributed by atoms with Gasteiger partial charge in [0.2, 0.25) is 0 Å². The Morgan fingerprint density at radius 2 is 1.00 bits per heavy atom. The predicted octanol–water partition coefficient (Wildman–Crippen LogP) is 5.29. The van der Waals surface area contributed by atoms with Gasteiger partial charge in [-0.2, -0.15) is 26.3 Å². The number of halogens is 8.